The molecule has 2 heteroatoms. The van der Waals surface area contributed by atoms with Gasteiger partial charge in [0.1, 0.15) is 0 Å². The summed E-state index contributed by atoms with van der Waals surface area (Å²) >= 11 is 0. The van der Waals surface area contributed by atoms with Gasteiger partial charge in [-0.15, -0.1) is 0 Å². The molecule has 8 aromatic rings. The average Bonchev–Trinajstić information content (AvgIpc) is 3.18. The van der Waals surface area contributed by atoms with E-state index in [9.17, 15) is 8.00 Å². The van der Waals surface area contributed by atoms with Crippen LogP contribution in [-0.4, -0.2) is 0 Å². The third kappa shape index (κ3) is 5.31. The molecule has 47 heavy (non-hydrogen) atoms. The number of benzene rings is 8. The van der Waals surface area contributed by atoms with Crippen LogP contribution in [0, 0.1) is 11.3 Å². The van der Waals surface area contributed by atoms with Crippen LogP contribution in [0.4, 0.5) is 17.1 Å². The van der Waals surface area contributed by atoms with Gasteiger partial charge in [-0.1, -0.05) is 121 Å². The lowest BCUT2D eigenvalue weighted by molar-refractivity contribution is 1.28. The molecule has 0 aliphatic rings. The zero-order chi connectivity index (χ0) is 33.3. The van der Waals surface area contributed by atoms with Crippen molar-refractivity contribution in [2.45, 2.75) is 0 Å². The van der Waals surface area contributed by atoms with Crippen LogP contribution < -0.4 is 4.90 Å². The largest absolute Gasteiger partial charge is 0.311 e. The van der Waals surface area contributed by atoms with E-state index in [0.717, 1.165) is 60.5 Å². The zero-order valence-corrected chi connectivity index (χ0v) is 25.6. The van der Waals surface area contributed by atoms with E-state index in [2.05, 4.69) is 83.8 Å². The fourth-order valence-corrected chi connectivity index (χ4v) is 6.45. The van der Waals surface area contributed by atoms with Gasteiger partial charge in [-0.25, -0.2) is 0 Å². The molecule has 0 radical (unpaired) electrons. The summed E-state index contributed by atoms with van der Waals surface area (Å²) in [6.45, 7) is 0. The molecule has 2 nitrogen and oxygen atoms in total. The molecule has 0 spiro atoms. The zero-order valence-electron chi connectivity index (χ0n) is 27.6. The lowest BCUT2D eigenvalue weighted by atomic mass is 9.89. The number of hydrogen-bond donors (Lipinski definition) is 0. The van der Waals surface area contributed by atoms with Crippen LogP contribution in [-0.2, 0) is 0 Å². The summed E-state index contributed by atoms with van der Waals surface area (Å²) in [5.74, 6) is 0. The Morgan fingerprint density at radius 1 is 0.468 bits per heavy atom. The smallest absolute Gasteiger partial charge is 0.0991 e. The summed E-state index contributed by atoms with van der Waals surface area (Å²) in [6, 6.07) is 59.4. The second-order valence-corrected chi connectivity index (χ2v) is 11.5. The van der Waals surface area contributed by atoms with Crippen LogP contribution in [0.5, 0.6) is 0 Å². The van der Waals surface area contributed by atoms with E-state index in [1.54, 1.807) is 0 Å². The molecular weight excluding hydrogens is 569 g/mol. The third-order valence-electron chi connectivity index (χ3n) is 8.70. The van der Waals surface area contributed by atoms with Gasteiger partial charge < -0.3 is 4.90 Å². The summed E-state index contributed by atoms with van der Waals surface area (Å²) in [7, 11) is 0. The van der Waals surface area contributed by atoms with Crippen LogP contribution in [0.25, 0.3) is 55.5 Å². The van der Waals surface area contributed by atoms with E-state index in [1.807, 2.05) is 97.1 Å². The molecule has 0 bridgehead atoms. The first-order chi connectivity index (χ1) is 24.1. The van der Waals surface area contributed by atoms with Crippen molar-refractivity contribution in [1.29, 1.82) is 5.26 Å². The minimum Gasteiger partial charge on any atom is -0.311 e. The van der Waals surface area contributed by atoms with Crippen molar-refractivity contribution in [3.05, 3.63) is 187 Å². The number of rotatable bonds is 6. The van der Waals surface area contributed by atoms with Gasteiger partial charge in [0.25, 0.3) is 0 Å². The van der Waals surface area contributed by atoms with E-state index < -0.39 is 0 Å². The summed E-state index contributed by atoms with van der Waals surface area (Å²) in [5, 5.41) is 15.8. The molecule has 0 N–H and O–H groups in total. The SMILES string of the molecule is [2H]/C(=C(/[2H])c1cc2c3ccccc3c(-c3ccccc3)cc2c2ccccc12)c1ccc(N(c2ccccc2)c2ccc(C#N)cc2)cc1. The summed E-state index contributed by atoms with van der Waals surface area (Å²) in [5.41, 5.74) is 7.15. The van der Waals surface area contributed by atoms with Crippen LogP contribution in [0.2, 0.25) is 0 Å². The monoisotopic (exact) mass is 600 g/mol. The molecule has 0 saturated heterocycles. The summed E-state index contributed by atoms with van der Waals surface area (Å²) in [6.07, 6.45) is 0. The van der Waals surface area contributed by atoms with Gasteiger partial charge in [0.05, 0.1) is 14.4 Å². The maximum atomic E-state index is 9.40. The van der Waals surface area contributed by atoms with E-state index in [0.29, 0.717) is 11.1 Å². The van der Waals surface area contributed by atoms with Crippen molar-refractivity contribution in [2.75, 3.05) is 4.90 Å². The number of nitriles is 1. The highest BCUT2D eigenvalue weighted by Gasteiger charge is 2.14. The quantitative estimate of drug-likeness (QED) is 0.140. The standard InChI is InChI=1S/C45H30N2/c46-31-33-22-27-38(28-23-33)47(36-13-5-2-6-14-36)37-25-20-32(21-26-37)19-24-35-29-44-42-18-10-9-17-41(42)43(34-11-3-1-4-12-34)30-45(44)40-16-8-7-15-39(35)40/h1-30H/b24-19+/i19D,24D. The summed E-state index contributed by atoms with van der Waals surface area (Å²) in [4.78, 5) is 2.12. The van der Waals surface area contributed by atoms with Crippen molar-refractivity contribution in [1.82, 2.24) is 0 Å². The first-order valence-electron chi connectivity index (χ1n) is 16.7. The number of anilines is 3. The van der Waals surface area contributed by atoms with Gasteiger partial charge in [0.15, 0.2) is 0 Å². The second kappa shape index (κ2) is 12.2. The highest BCUT2D eigenvalue weighted by Crippen LogP contribution is 2.40. The molecule has 0 atom stereocenters. The molecule has 0 aromatic heterocycles. The van der Waals surface area contributed by atoms with Gasteiger partial charge in [-0.2, -0.15) is 5.26 Å². The molecule has 0 unspecified atom stereocenters. The molecule has 0 aliphatic carbocycles. The first kappa shape index (κ1) is 25.9. The van der Waals surface area contributed by atoms with Crippen LogP contribution >= 0.6 is 0 Å². The predicted molar refractivity (Wildman–Crippen MR) is 199 cm³/mol. The second-order valence-electron chi connectivity index (χ2n) is 11.5. The van der Waals surface area contributed by atoms with Gasteiger partial charge in [0.2, 0.25) is 0 Å². The molecule has 0 amide bonds. The Morgan fingerprint density at radius 2 is 0.979 bits per heavy atom. The van der Waals surface area contributed by atoms with Gasteiger partial charge in [-0.3, -0.25) is 0 Å². The Hall–Kier alpha value is -6.43. The molecule has 0 saturated carbocycles. The Kier molecular flexibility index (Phi) is 6.69. The fourth-order valence-electron chi connectivity index (χ4n) is 6.45. The molecule has 0 aliphatic heterocycles. The van der Waals surface area contributed by atoms with Crippen LogP contribution in [0.1, 0.15) is 19.4 Å². The summed E-state index contributed by atoms with van der Waals surface area (Å²) < 4.78 is 18.6. The molecule has 0 fully saturated rings. The van der Waals surface area contributed by atoms with Crippen molar-refractivity contribution in [3.63, 3.8) is 0 Å². The maximum Gasteiger partial charge on any atom is 0.0991 e. The molecular formula is C45H30N2. The van der Waals surface area contributed by atoms with Crippen LogP contribution in [0.15, 0.2) is 170 Å². The minimum absolute atomic E-state index is 0.158. The van der Waals surface area contributed by atoms with Crippen molar-refractivity contribution < 1.29 is 2.74 Å². The Bertz CT molecular complexity index is 2550. The van der Waals surface area contributed by atoms with E-state index in [-0.39, 0.29) is 12.1 Å². The Balaban J connectivity index is 1.26. The van der Waals surface area contributed by atoms with Crippen molar-refractivity contribution in [2.24, 2.45) is 0 Å². The Morgan fingerprint density at radius 3 is 1.64 bits per heavy atom. The molecule has 220 valence electrons. The lowest BCUT2D eigenvalue weighted by Crippen LogP contribution is -2.09. The molecule has 0 heterocycles. The highest BCUT2D eigenvalue weighted by atomic mass is 15.1. The van der Waals surface area contributed by atoms with E-state index in [4.69, 9.17) is 0 Å². The third-order valence-corrected chi connectivity index (χ3v) is 8.70. The average molecular weight is 601 g/mol. The van der Waals surface area contributed by atoms with Crippen molar-refractivity contribution in [3.8, 4) is 17.2 Å². The van der Waals surface area contributed by atoms with Crippen molar-refractivity contribution >= 4 is 61.5 Å². The van der Waals surface area contributed by atoms with Crippen LogP contribution in [0.3, 0.4) is 0 Å². The number of fused-ring (bicyclic) bond motifs is 5. The Labute approximate surface area is 277 Å². The van der Waals surface area contributed by atoms with Gasteiger partial charge in [0, 0.05) is 17.1 Å². The minimum atomic E-state index is 0.158. The number of nitrogens with zero attached hydrogens (tertiary/aromatic N) is 2. The number of para-hydroxylation sites is 1. The first-order valence-corrected chi connectivity index (χ1v) is 15.7. The number of hydrogen-bond acceptors (Lipinski definition) is 2. The van der Waals surface area contributed by atoms with E-state index in [1.165, 1.54) is 5.56 Å². The molecule has 8 rings (SSSR count). The topological polar surface area (TPSA) is 27.0 Å². The highest BCUT2D eigenvalue weighted by molar-refractivity contribution is 6.22. The fraction of sp³-hybridized carbons (Fsp3) is 0. The normalized spacial score (nSPS) is 12.3. The van der Waals surface area contributed by atoms with E-state index >= 15 is 0 Å². The van der Waals surface area contributed by atoms with Gasteiger partial charge in [-0.05, 0) is 115 Å². The molecule has 8 aromatic carbocycles. The predicted octanol–water partition coefficient (Wildman–Crippen LogP) is 12.3. The lowest BCUT2D eigenvalue weighted by Gasteiger charge is -2.25. The van der Waals surface area contributed by atoms with Gasteiger partial charge >= 0.3 is 0 Å². The maximum absolute atomic E-state index is 9.40.